The van der Waals surface area contributed by atoms with Gasteiger partial charge in [-0.25, -0.2) is 4.79 Å². The summed E-state index contributed by atoms with van der Waals surface area (Å²) in [4.78, 5) is 37.5. The fraction of sp³-hybridized carbons (Fsp3) is 0.438. The monoisotopic (exact) mass is 316 g/mol. The molecule has 2 saturated heterocycles. The standard InChI is InChI=1S/C16H20N4O3/c1-16(14(22)18-15(23)19-16)11-6-4-10(5-7-11)13(21)20-8-2-3-12(17)9-20/h4-7,12H,2-3,8-9,17H2,1H3,(H2,18,19,22,23). The number of hydrogen-bond donors (Lipinski definition) is 3. The Labute approximate surface area is 134 Å². The van der Waals surface area contributed by atoms with Crippen LogP contribution in [0.4, 0.5) is 4.79 Å². The van der Waals surface area contributed by atoms with E-state index in [-0.39, 0.29) is 11.9 Å². The third kappa shape index (κ3) is 2.79. The number of nitrogens with two attached hydrogens (primary N) is 1. The van der Waals surface area contributed by atoms with E-state index in [1.165, 1.54) is 0 Å². The number of carbonyl (C=O) groups is 3. The Morgan fingerprint density at radius 3 is 2.57 bits per heavy atom. The molecule has 0 bridgehead atoms. The van der Waals surface area contributed by atoms with Crippen molar-refractivity contribution in [3.8, 4) is 0 Å². The Morgan fingerprint density at radius 2 is 2.00 bits per heavy atom. The molecule has 2 heterocycles. The molecule has 2 aliphatic rings. The highest BCUT2D eigenvalue weighted by Gasteiger charge is 2.43. The quantitative estimate of drug-likeness (QED) is 0.683. The van der Waals surface area contributed by atoms with Crippen LogP contribution in [-0.4, -0.2) is 41.9 Å². The number of piperidine rings is 1. The minimum Gasteiger partial charge on any atom is -0.337 e. The summed E-state index contributed by atoms with van der Waals surface area (Å²) in [7, 11) is 0. The number of nitrogens with zero attached hydrogens (tertiary/aromatic N) is 1. The number of benzene rings is 1. The molecule has 122 valence electrons. The fourth-order valence-corrected chi connectivity index (χ4v) is 3.07. The molecule has 1 aromatic rings. The molecule has 2 unspecified atom stereocenters. The number of amides is 4. The highest BCUT2D eigenvalue weighted by molar-refractivity contribution is 6.07. The molecule has 3 rings (SSSR count). The predicted molar refractivity (Wildman–Crippen MR) is 83.6 cm³/mol. The first-order chi connectivity index (χ1) is 10.9. The first-order valence-electron chi connectivity index (χ1n) is 7.69. The Balaban J connectivity index is 1.78. The maximum atomic E-state index is 12.5. The number of likely N-dealkylation sites (tertiary alicyclic amines) is 1. The van der Waals surface area contributed by atoms with Gasteiger partial charge in [0.15, 0.2) is 0 Å². The van der Waals surface area contributed by atoms with Crippen LogP contribution in [0, 0.1) is 0 Å². The summed E-state index contributed by atoms with van der Waals surface area (Å²) in [5, 5.41) is 4.82. The largest absolute Gasteiger partial charge is 0.337 e. The lowest BCUT2D eigenvalue weighted by molar-refractivity contribution is -0.123. The topological polar surface area (TPSA) is 105 Å². The molecule has 0 aromatic heterocycles. The van der Waals surface area contributed by atoms with Crippen LogP contribution in [0.2, 0.25) is 0 Å². The molecular formula is C16H20N4O3. The highest BCUT2D eigenvalue weighted by Crippen LogP contribution is 2.25. The molecule has 0 spiro atoms. The first-order valence-corrected chi connectivity index (χ1v) is 7.69. The summed E-state index contributed by atoms with van der Waals surface area (Å²) in [6.07, 6.45) is 1.85. The van der Waals surface area contributed by atoms with Gasteiger partial charge in [0, 0.05) is 24.7 Å². The van der Waals surface area contributed by atoms with Crippen LogP contribution in [-0.2, 0) is 10.3 Å². The van der Waals surface area contributed by atoms with Crippen LogP contribution < -0.4 is 16.4 Å². The summed E-state index contributed by atoms with van der Waals surface area (Å²) in [6.45, 7) is 2.91. The molecule has 0 saturated carbocycles. The van der Waals surface area contributed by atoms with Gasteiger partial charge in [-0.05, 0) is 37.5 Å². The van der Waals surface area contributed by atoms with E-state index in [2.05, 4.69) is 10.6 Å². The van der Waals surface area contributed by atoms with Gasteiger partial charge in [0.05, 0.1) is 0 Å². The van der Waals surface area contributed by atoms with Crippen LogP contribution in [0.3, 0.4) is 0 Å². The fourth-order valence-electron chi connectivity index (χ4n) is 3.07. The Morgan fingerprint density at radius 1 is 1.30 bits per heavy atom. The van der Waals surface area contributed by atoms with E-state index in [0.29, 0.717) is 24.2 Å². The molecule has 4 N–H and O–H groups in total. The van der Waals surface area contributed by atoms with Crippen molar-refractivity contribution in [2.45, 2.75) is 31.3 Å². The molecule has 4 amide bonds. The van der Waals surface area contributed by atoms with Gasteiger partial charge in [-0.15, -0.1) is 0 Å². The second-order valence-electron chi connectivity index (χ2n) is 6.26. The minimum atomic E-state index is -1.11. The number of carbonyl (C=O) groups excluding carboxylic acids is 3. The van der Waals surface area contributed by atoms with Crippen LogP contribution in [0.15, 0.2) is 24.3 Å². The van der Waals surface area contributed by atoms with Crippen molar-refractivity contribution in [2.75, 3.05) is 13.1 Å². The molecule has 7 heteroatoms. The van der Waals surface area contributed by atoms with Crippen LogP contribution in [0.5, 0.6) is 0 Å². The minimum absolute atomic E-state index is 0.0308. The molecular weight excluding hydrogens is 296 g/mol. The SMILES string of the molecule is CC1(c2ccc(C(=O)N3CCCC(N)C3)cc2)NC(=O)NC1=O. The van der Waals surface area contributed by atoms with Gasteiger partial charge in [-0.1, -0.05) is 12.1 Å². The summed E-state index contributed by atoms with van der Waals surface area (Å²) >= 11 is 0. The summed E-state index contributed by atoms with van der Waals surface area (Å²) in [5.41, 5.74) is 5.99. The van der Waals surface area contributed by atoms with Gasteiger partial charge in [-0.3, -0.25) is 14.9 Å². The molecule has 2 atom stereocenters. The Hall–Kier alpha value is -2.41. The average Bonchev–Trinajstić information content (AvgIpc) is 2.80. The van der Waals surface area contributed by atoms with Crippen molar-refractivity contribution in [1.29, 1.82) is 0 Å². The maximum Gasteiger partial charge on any atom is 0.322 e. The Bertz CT molecular complexity index is 658. The zero-order valence-corrected chi connectivity index (χ0v) is 13.0. The van der Waals surface area contributed by atoms with Crippen LogP contribution in [0.1, 0.15) is 35.7 Å². The van der Waals surface area contributed by atoms with Gasteiger partial charge in [0.2, 0.25) is 0 Å². The van der Waals surface area contributed by atoms with Crippen molar-refractivity contribution in [2.24, 2.45) is 5.73 Å². The maximum absolute atomic E-state index is 12.5. The van der Waals surface area contributed by atoms with E-state index in [4.69, 9.17) is 5.73 Å². The predicted octanol–water partition coefficient (Wildman–Crippen LogP) is 0.305. The number of rotatable bonds is 2. The number of nitrogens with one attached hydrogen (secondary N) is 2. The average molecular weight is 316 g/mol. The van der Waals surface area contributed by atoms with Crippen molar-refractivity contribution < 1.29 is 14.4 Å². The van der Waals surface area contributed by atoms with Crippen molar-refractivity contribution in [3.63, 3.8) is 0 Å². The Kier molecular flexibility index (Phi) is 3.81. The normalized spacial score (nSPS) is 27.6. The molecule has 1 aromatic carbocycles. The lowest BCUT2D eigenvalue weighted by atomic mass is 9.91. The lowest BCUT2D eigenvalue weighted by Crippen LogP contribution is -2.45. The van der Waals surface area contributed by atoms with Crippen LogP contribution >= 0.6 is 0 Å². The summed E-state index contributed by atoms with van der Waals surface area (Å²) < 4.78 is 0. The van der Waals surface area contributed by atoms with Crippen molar-refractivity contribution in [1.82, 2.24) is 15.5 Å². The first kappa shape index (κ1) is 15.5. The number of hydrogen-bond acceptors (Lipinski definition) is 4. The molecule has 23 heavy (non-hydrogen) atoms. The molecule has 0 radical (unpaired) electrons. The van der Waals surface area contributed by atoms with Gasteiger partial charge in [-0.2, -0.15) is 0 Å². The second kappa shape index (κ2) is 5.66. The smallest absolute Gasteiger partial charge is 0.322 e. The van der Waals surface area contributed by atoms with Gasteiger partial charge >= 0.3 is 6.03 Å². The van der Waals surface area contributed by atoms with E-state index in [1.807, 2.05) is 0 Å². The van der Waals surface area contributed by atoms with E-state index >= 15 is 0 Å². The zero-order chi connectivity index (χ0) is 16.6. The third-order valence-corrected chi connectivity index (χ3v) is 4.50. The number of imide groups is 1. The molecule has 2 fully saturated rings. The third-order valence-electron chi connectivity index (χ3n) is 4.50. The van der Waals surface area contributed by atoms with E-state index in [9.17, 15) is 14.4 Å². The van der Waals surface area contributed by atoms with E-state index in [0.717, 1.165) is 12.8 Å². The molecule has 2 aliphatic heterocycles. The van der Waals surface area contributed by atoms with E-state index < -0.39 is 17.5 Å². The van der Waals surface area contributed by atoms with Gasteiger partial charge < -0.3 is 16.0 Å². The van der Waals surface area contributed by atoms with Crippen LogP contribution in [0.25, 0.3) is 0 Å². The van der Waals surface area contributed by atoms with Gasteiger partial charge in [0.1, 0.15) is 5.54 Å². The van der Waals surface area contributed by atoms with Gasteiger partial charge in [0.25, 0.3) is 11.8 Å². The number of urea groups is 1. The van der Waals surface area contributed by atoms with E-state index in [1.54, 1.807) is 36.1 Å². The molecule has 0 aliphatic carbocycles. The van der Waals surface area contributed by atoms with Crippen molar-refractivity contribution >= 4 is 17.8 Å². The second-order valence-corrected chi connectivity index (χ2v) is 6.26. The summed E-state index contributed by atoms with van der Waals surface area (Å²) in [5.74, 6) is -0.458. The summed E-state index contributed by atoms with van der Waals surface area (Å²) in [6, 6.07) is 6.27. The molecule has 7 nitrogen and oxygen atoms in total. The highest BCUT2D eigenvalue weighted by atomic mass is 16.2. The van der Waals surface area contributed by atoms with Crippen molar-refractivity contribution in [3.05, 3.63) is 35.4 Å². The lowest BCUT2D eigenvalue weighted by Gasteiger charge is -2.31. The zero-order valence-electron chi connectivity index (χ0n) is 13.0.